The zero-order valence-corrected chi connectivity index (χ0v) is 12.3. The van der Waals surface area contributed by atoms with Crippen LogP contribution in [0.15, 0.2) is 83.7 Å². The van der Waals surface area contributed by atoms with Crippen LogP contribution in [-0.2, 0) is 9.59 Å². The molecular formula is C18H12F2N2O2. The van der Waals surface area contributed by atoms with E-state index in [1.807, 2.05) is 0 Å². The molecule has 24 heavy (non-hydrogen) atoms. The summed E-state index contributed by atoms with van der Waals surface area (Å²) in [6.07, 6.45) is 0. The average Bonchev–Trinajstić information content (AvgIpc) is 2.62. The van der Waals surface area contributed by atoms with Gasteiger partial charge in [-0.2, -0.15) is 0 Å². The first-order valence-electron chi connectivity index (χ1n) is 7.11. The molecule has 0 heterocycles. The summed E-state index contributed by atoms with van der Waals surface area (Å²) < 4.78 is 28.6. The molecule has 2 aromatic carbocycles. The van der Waals surface area contributed by atoms with E-state index >= 15 is 0 Å². The number of Topliss-reactive ketones (excluding diaryl/α,β-unsaturated/α-hetero) is 2. The number of anilines is 2. The van der Waals surface area contributed by atoms with E-state index in [2.05, 4.69) is 10.6 Å². The predicted molar refractivity (Wildman–Crippen MR) is 86.4 cm³/mol. The highest BCUT2D eigenvalue weighted by Crippen LogP contribution is 2.28. The van der Waals surface area contributed by atoms with Crippen molar-refractivity contribution >= 4 is 22.9 Å². The molecule has 0 fully saturated rings. The molecule has 4 nitrogen and oxygen atoms in total. The van der Waals surface area contributed by atoms with Crippen LogP contribution in [0.25, 0.3) is 0 Å². The van der Waals surface area contributed by atoms with E-state index in [4.69, 9.17) is 0 Å². The summed E-state index contributed by atoms with van der Waals surface area (Å²) in [6.45, 7) is 0. The summed E-state index contributed by atoms with van der Waals surface area (Å²) in [7, 11) is 0. The van der Waals surface area contributed by atoms with Gasteiger partial charge in [-0.3, -0.25) is 9.59 Å². The molecule has 3 rings (SSSR count). The smallest absolute Gasteiger partial charge is 0.242 e. The van der Waals surface area contributed by atoms with Crippen LogP contribution >= 0.6 is 0 Å². The highest BCUT2D eigenvalue weighted by molar-refractivity contribution is 6.25. The summed E-state index contributed by atoms with van der Waals surface area (Å²) in [5.74, 6) is -5.09. The molecule has 0 bridgehead atoms. The molecule has 0 radical (unpaired) electrons. The Morgan fingerprint density at radius 1 is 0.583 bits per heavy atom. The fourth-order valence-electron chi connectivity index (χ4n) is 2.20. The Balaban J connectivity index is 1.91. The van der Waals surface area contributed by atoms with Crippen LogP contribution in [0.4, 0.5) is 20.2 Å². The van der Waals surface area contributed by atoms with Crippen LogP contribution in [0.1, 0.15) is 0 Å². The van der Waals surface area contributed by atoms with Gasteiger partial charge in [0.25, 0.3) is 0 Å². The van der Waals surface area contributed by atoms with Crippen LogP contribution in [-0.4, -0.2) is 11.6 Å². The molecule has 0 spiro atoms. The molecular weight excluding hydrogens is 314 g/mol. The first-order valence-corrected chi connectivity index (χ1v) is 7.11. The Kier molecular flexibility index (Phi) is 4.20. The van der Waals surface area contributed by atoms with E-state index in [-0.39, 0.29) is 0 Å². The van der Waals surface area contributed by atoms with Crippen molar-refractivity contribution in [1.29, 1.82) is 0 Å². The van der Waals surface area contributed by atoms with E-state index in [0.717, 1.165) is 0 Å². The van der Waals surface area contributed by atoms with E-state index in [0.29, 0.717) is 11.4 Å². The molecule has 2 aromatic rings. The van der Waals surface area contributed by atoms with E-state index in [1.54, 1.807) is 60.7 Å². The molecule has 0 saturated carbocycles. The van der Waals surface area contributed by atoms with Gasteiger partial charge in [-0.05, 0) is 24.3 Å². The minimum atomic E-state index is -1.33. The number of halogens is 2. The van der Waals surface area contributed by atoms with Gasteiger partial charge < -0.3 is 10.6 Å². The fourth-order valence-corrected chi connectivity index (χ4v) is 2.20. The zero-order valence-electron chi connectivity index (χ0n) is 12.3. The number of carbonyl (C=O) groups excluding carboxylic acids is 2. The summed E-state index contributed by atoms with van der Waals surface area (Å²) >= 11 is 0. The Morgan fingerprint density at radius 2 is 0.917 bits per heavy atom. The zero-order chi connectivity index (χ0) is 17.1. The second kappa shape index (κ2) is 6.45. The number of rotatable bonds is 4. The Labute approximate surface area is 136 Å². The molecule has 2 N–H and O–H groups in total. The van der Waals surface area contributed by atoms with Gasteiger partial charge in [-0.25, -0.2) is 8.78 Å². The Bertz CT molecular complexity index is 786. The summed E-state index contributed by atoms with van der Waals surface area (Å²) in [5, 5.41) is 4.92. The molecule has 0 aliphatic heterocycles. The highest BCUT2D eigenvalue weighted by atomic mass is 19.1. The lowest BCUT2D eigenvalue weighted by atomic mass is 10.0. The maximum absolute atomic E-state index is 14.3. The van der Waals surface area contributed by atoms with Crippen molar-refractivity contribution in [3.05, 3.63) is 83.7 Å². The number of carbonyl (C=O) groups is 2. The Hall–Kier alpha value is -3.28. The first-order chi connectivity index (χ1) is 11.6. The number of para-hydroxylation sites is 2. The van der Waals surface area contributed by atoms with Crippen LogP contribution in [0.2, 0.25) is 0 Å². The lowest BCUT2D eigenvalue weighted by molar-refractivity contribution is -0.118. The van der Waals surface area contributed by atoms with E-state index in [1.165, 1.54) is 0 Å². The maximum Gasteiger partial charge on any atom is 0.242 e. The Morgan fingerprint density at radius 3 is 1.25 bits per heavy atom. The summed E-state index contributed by atoms with van der Waals surface area (Å²) in [6, 6.07) is 16.4. The van der Waals surface area contributed by atoms with E-state index < -0.39 is 34.6 Å². The minimum Gasteiger partial charge on any atom is -0.350 e. The monoisotopic (exact) mass is 326 g/mol. The standard InChI is InChI=1S/C18H12F2N2O2/c19-13-15(21-11-7-3-1-4-8-11)17(23)14(20)16(18(13)24)22-12-9-5-2-6-10-12/h1-10,21-22H. The molecule has 120 valence electrons. The largest absolute Gasteiger partial charge is 0.350 e. The number of allylic oxidation sites excluding steroid dienone is 2. The second-order valence-corrected chi connectivity index (χ2v) is 5.02. The number of ketones is 2. The molecule has 0 aromatic heterocycles. The third-order valence-electron chi connectivity index (χ3n) is 3.38. The van der Waals surface area contributed by atoms with Gasteiger partial charge >= 0.3 is 0 Å². The van der Waals surface area contributed by atoms with Gasteiger partial charge in [0.05, 0.1) is 0 Å². The molecule has 1 aliphatic carbocycles. The maximum atomic E-state index is 14.3. The van der Waals surface area contributed by atoms with Gasteiger partial charge in [0.15, 0.2) is 11.7 Å². The SMILES string of the molecule is O=C1C(F)=C(Nc2ccccc2)C(=O)C(F)=C1Nc1ccccc1. The molecule has 1 aliphatic rings. The van der Waals surface area contributed by atoms with Crippen molar-refractivity contribution in [3.63, 3.8) is 0 Å². The molecule has 0 amide bonds. The van der Waals surface area contributed by atoms with E-state index in [9.17, 15) is 18.4 Å². The first kappa shape index (κ1) is 15.6. The quantitative estimate of drug-likeness (QED) is 0.841. The topological polar surface area (TPSA) is 58.2 Å². The van der Waals surface area contributed by atoms with Crippen molar-refractivity contribution in [2.24, 2.45) is 0 Å². The second-order valence-electron chi connectivity index (χ2n) is 5.02. The third-order valence-corrected chi connectivity index (χ3v) is 3.38. The molecule has 0 atom stereocenters. The number of nitrogens with one attached hydrogen (secondary N) is 2. The minimum absolute atomic E-state index is 0.371. The summed E-state index contributed by atoms with van der Waals surface area (Å²) in [4.78, 5) is 24.2. The number of hydrogen-bond donors (Lipinski definition) is 2. The third kappa shape index (κ3) is 2.94. The average molecular weight is 326 g/mol. The van der Waals surface area contributed by atoms with Gasteiger partial charge in [-0.1, -0.05) is 36.4 Å². The number of hydrogen-bond acceptors (Lipinski definition) is 4. The lowest BCUT2D eigenvalue weighted by Crippen LogP contribution is -2.28. The van der Waals surface area contributed by atoms with Crippen molar-refractivity contribution < 1.29 is 18.4 Å². The van der Waals surface area contributed by atoms with Crippen LogP contribution < -0.4 is 10.6 Å². The lowest BCUT2D eigenvalue weighted by Gasteiger charge is -2.18. The van der Waals surface area contributed by atoms with Crippen LogP contribution in [0.5, 0.6) is 0 Å². The van der Waals surface area contributed by atoms with Gasteiger partial charge in [-0.15, -0.1) is 0 Å². The fraction of sp³-hybridized carbons (Fsp3) is 0. The van der Waals surface area contributed by atoms with Crippen molar-refractivity contribution in [1.82, 2.24) is 0 Å². The van der Waals surface area contributed by atoms with Crippen LogP contribution in [0.3, 0.4) is 0 Å². The van der Waals surface area contributed by atoms with Crippen LogP contribution in [0, 0.1) is 0 Å². The normalized spacial score (nSPS) is 14.9. The van der Waals surface area contributed by atoms with Gasteiger partial charge in [0.2, 0.25) is 11.6 Å². The molecule has 6 heteroatoms. The molecule has 0 unspecified atom stereocenters. The highest BCUT2D eigenvalue weighted by Gasteiger charge is 2.36. The summed E-state index contributed by atoms with van der Waals surface area (Å²) in [5.41, 5.74) is -0.670. The van der Waals surface area contributed by atoms with Crippen molar-refractivity contribution in [3.8, 4) is 0 Å². The van der Waals surface area contributed by atoms with Crippen molar-refractivity contribution in [2.45, 2.75) is 0 Å². The molecule has 0 saturated heterocycles. The predicted octanol–water partition coefficient (Wildman–Crippen LogP) is 3.72. The van der Waals surface area contributed by atoms with Gasteiger partial charge in [0.1, 0.15) is 11.4 Å². The number of benzene rings is 2. The van der Waals surface area contributed by atoms with Gasteiger partial charge in [0, 0.05) is 11.4 Å². The van der Waals surface area contributed by atoms with Crippen molar-refractivity contribution in [2.75, 3.05) is 10.6 Å².